The first-order chi connectivity index (χ1) is 6.24. The lowest BCUT2D eigenvalue weighted by molar-refractivity contribution is -0.127. The van der Waals surface area contributed by atoms with E-state index in [4.69, 9.17) is 11.6 Å². The molecule has 0 spiro atoms. The van der Waals surface area contributed by atoms with Crippen LogP contribution in [-0.4, -0.2) is 23.6 Å². The van der Waals surface area contributed by atoms with Gasteiger partial charge in [-0.15, -0.1) is 11.6 Å². The molecule has 3 nitrogen and oxygen atoms in total. The molecule has 1 saturated heterocycles. The summed E-state index contributed by atoms with van der Waals surface area (Å²) >= 11 is 5.43. The number of halogens is 1. The van der Waals surface area contributed by atoms with Crippen molar-refractivity contribution >= 4 is 23.3 Å². The molecule has 1 aliphatic heterocycles. The lowest BCUT2D eigenvalue weighted by atomic mass is 10.0. The van der Waals surface area contributed by atoms with Crippen molar-refractivity contribution in [1.29, 1.82) is 0 Å². The van der Waals surface area contributed by atoms with Crippen molar-refractivity contribution in [3.63, 3.8) is 0 Å². The highest BCUT2D eigenvalue weighted by Crippen LogP contribution is 2.11. The van der Waals surface area contributed by atoms with Gasteiger partial charge in [0.25, 0.3) is 0 Å². The number of amides is 1. The molecule has 1 unspecified atom stereocenters. The Hall–Kier alpha value is -0.570. The van der Waals surface area contributed by atoms with Crippen LogP contribution in [0.15, 0.2) is 0 Å². The third-order valence-corrected chi connectivity index (χ3v) is 2.52. The first-order valence-electron chi connectivity index (χ1n) is 4.62. The Labute approximate surface area is 82.8 Å². The summed E-state index contributed by atoms with van der Waals surface area (Å²) in [4.78, 5) is 22.4. The third kappa shape index (κ3) is 3.35. The van der Waals surface area contributed by atoms with Crippen LogP contribution in [0, 0.1) is 0 Å². The Morgan fingerprint density at radius 1 is 1.46 bits per heavy atom. The SMILES string of the molecule is O=C1CCCCCC(C(=O)CCl)N1. The lowest BCUT2D eigenvalue weighted by Gasteiger charge is -2.18. The van der Waals surface area contributed by atoms with Crippen molar-refractivity contribution in [3.8, 4) is 0 Å². The molecule has 0 radical (unpaired) electrons. The summed E-state index contributed by atoms with van der Waals surface area (Å²) in [6, 6.07) is -0.342. The fourth-order valence-electron chi connectivity index (χ4n) is 1.48. The highest BCUT2D eigenvalue weighted by molar-refractivity contribution is 6.28. The number of carbonyl (C=O) groups excluding carboxylic acids is 2. The van der Waals surface area contributed by atoms with Crippen LogP contribution in [0.1, 0.15) is 32.1 Å². The first-order valence-corrected chi connectivity index (χ1v) is 5.15. The summed E-state index contributed by atoms with van der Waals surface area (Å²) in [6.45, 7) is 0. The zero-order valence-corrected chi connectivity index (χ0v) is 8.27. The number of ketones is 1. The monoisotopic (exact) mass is 203 g/mol. The number of nitrogens with one attached hydrogen (secondary N) is 1. The minimum atomic E-state index is -0.342. The molecule has 1 rings (SSSR count). The summed E-state index contributed by atoms with van der Waals surface area (Å²) < 4.78 is 0. The highest BCUT2D eigenvalue weighted by atomic mass is 35.5. The number of alkyl halides is 1. The zero-order chi connectivity index (χ0) is 9.68. The number of Topliss-reactive ketones (excluding diaryl/α,β-unsaturated/α-hetero) is 1. The van der Waals surface area contributed by atoms with Crippen molar-refractivity contribution in [2.24, 2.45) is 0 Å². The van der Waals surface area contributed by atoms with Gasteiger partial charge in [-0.3, -0.25) is 9.59 Å². The van der Waals surface area contributed by atoms with Gasteiger partial charge < -0.3 is 5.32 Å². The van der Waals surface area contributed by atoms with Crippen LogP contribution >= 0.6 is 11.6 Å². The molecule has 0 saturated carbocycles. The maximum atomic E-state index is 11.2. The normalized spacial score (nSPS) is 24.4. The first kappa shape index (κ1) is 10.5. The average Bonchev–Trinajstić information content (AvgIpc) is 2.10. The number of carbonyl (C=O) groups is 2. The van der Waals surface area contributed by atoms with E-state index in [1.807, 2.05) is 0 Å². The molecule has 0 bridgehead atoms. The standard InChI is InChI=1S/C9H14ClNO2/c10-6-8(12)7-4-2-1-3-5-9(13)11-7/h7H,1-6H2,(H,11,13). The van der Waals surface area contributed by atoms with Gasteiger partial charge in [-0.1, -0.05) is 12.8 Å². The van der Waals surface area contributed by atoms with E-state index >= 15 is 0 Å². The second-order valence-corrected chi connectivity index (χ2v) is 3.59. The van der Waals surface area contributed by atoms with E-state index in [0.717, 1.165) is 25.7 Å². The van der Waals surface area contributed by atoms with E-state index in [1.54, 1.807) is 0 Å². The molecule has 1 atom stereocenters. The second kappa shape index (κ2) is 5.22. The van der Waals surface area contributed by atoms with Gasteiger partial charge in [0.05, 0.1) is 11.9 Å². The van der Waals surface area contributed by atoms with Gasteiger partial charge in [0.1, 0.15) is 0 Å². The second-order valence-electron chi connectivity index (χ2n) is 3.32. The van der Waals surface area contributed by atoms with Crippen LogP contribution in [0.4, 0.5) is 0 Å². The number of hydrogen-bond donors (Lipinski definition) is 1. The predicted octanol–water partition coefficient (Wildman–Crippen LogP) is 1.24. The molecule has 1 heterocycles. The molecule has 1 aliphatic rings. The maximum absolute atomic E-state index is 11.2. The Morgan fingerprint density at radius 3 is 2.92 bits per heavy atom. The van der Waals surface area contributed by atoms with Crippen molar-refractivity contribution in [3.05, 3.63) is 0 Å². The molecule has 0 aromatic rings. The molecule has 1 amide bonds. The van der Waals surface area contributed by atoms with Crippen molar-refractivity contribution in [1.82, 2.24) is 5.32 Å². The summed E-state index contributed by atoms with van der Waals surface area (Å²) in [5, 5.41) is 2.70. The summed E-state index contributed by atoms with van der Waals surface area (Å²) in [5.41, 5.74) is 0. The van der Waals surface area contributed by atoms with E-state index < -0.39 is 0 Å². The summed E-state index contributed by atoms with van der Waals surface area (Å²) in [7, 11) is 0. The summed E-state index contributed by atoms with van der Waals surface area (Å²) in [6.07, 6.45) is 4.21. The Kier molecular flexibility index (Phi) is 4.22. The smallest absolute Gasteiger partial charge is 0.220 e. The van der Waals surface area contributed by atoms with E-state index in [1.165, 1.54) is 0 Å². The average molecular weight is 204 g/mol. The van der Waals surface area contributed by atoms with Crippen LogP contribution in [0.25, 0.3) is 0 Å². The molecular formula is C9H14ClNO2. The topological polar surface area (TPSA) is 46.2 Å². The van der Waals surface area contributed by atoms with Crippen molar-refractivity contribution in [2.75, 3.05) is 5.88 Å². The zero-order valence-electron chi connectivity index (χ0n) is 7.51. The molecule has 1 fully saturated rings. The fraction of sp³-hybridized carbons (Fsp3) is 0.778. The maximum Gasteiger partial charge on any atom is 0.220 e. The van der Waals surface area contributed by atoms with Gasteiger partial charge in [-0.05, 0) is 12.8 Å². The third-order valence-electron chi connectivity index (χ3n) is 2.25. The van der Waals surface area contributed by atoms with Gasteiger partial charge in [0, 0.05) is 6.42 Å². The van der Waals surface area contributed by atoms with Crippen molar-refractivity contribution in [2.45, 2.75) is 38.1 Å². The van der Waals surface area contributed by atoms with Gasteiger partial charge in [0.15, 0.2) is 5.78 Å². The Morgan fingerprint density at radius 2 is 2.23 bits per heavy atom. The van der Waals surface area contributed by atoms with E-state index in [2.05, 4.69) is 5.32 Å². The van der Waals surface area contributed by atoms with E-state index in [-0.39, 0.29) is 23.6 Å². The predicted molar refractivity (Wildman–Crippen MR) is 50.7 cm³/mol. The molecule has 74 valence electrons. The Balaban J connectivity index is 2.50. The largest absolute Gasteiger partial charge is 0.346 e. The number of hydrogen-bond acceptors (Lipinski definition) is 2. The molecular weight excluding hydrogens is 190 g/mol. The molecule has 0 aromatic carbocycles. The van der Waals surface area contributed by atoms with Crippen LogP contribution in [0.3, 0.4) is 0 Å². The van der Waals surface area contributed by atoms with Crippen LogP contribution in [-0.2, 0) is 9.59 Å². The molecule has 4 heteroatoms. The molecule has 13 heavy (non-hydrogen) atoms. The Bertz CT molecular complexity index is 206. The fourth-order valence-corrected chi connectivity index (χ4v) is 1.67. The summed E-state index contributed by atoms with van der Waals surface area (Å²) in [5.74, 6) is -0.106. The molecule has 0 aliphatic carbocycles. The minimum Gasteiger partial charge on any atom is -0.346 e. The quantitative estimate of drug-likeness (QED) is 0.687. The van der Waals surface area contributed by atoms with Crippen LogP contribution in [0.5, 0.6) is 0 Å². The van der Waals surface area contributed by atoms with E-state index in [0.29, 0.717) is 6.42 Å². The minimum absolute atomic E-state index is 0.00898. The van der Waals surface area contributed by atoms with Crippen molar-refractivity contribution < 1.29 is 9.59 Å². The lowest BCUT2D eigenvalue weighted by Crippen LogP contribution is -2.42. The highest BCUT2D eigenvalue weighted by Gasteiger charge is 2.20. The van der Waals surface area contributed by atoms with Gasteiger partial charge in [0.2, 0.25) is 5.91 Å². The van der Waals surface area contributed by atoms with Gasteiger partial charge in [-0.2, -0.15) is 0 Å². The van der Waals surface area contributed by atoms with E-state index in [9.17, 15) is 9.59 Å². The van der Waals surface area contributed by atoms with Gasteiger partial charge >= 0.3 is 0 Å². The number of rotatable bonds is 2. The van der Waals surface area contributed by atoms with Gasteiger partial charge in [-0.25, -0.2) is 0 Å². The molecule has 1 N–H and O–H groups in total. The van der Waals surface area contributed by atoms with Crippen LogP contribution in [0.2, 0.25) is 0 Å². The van der Waals surface area contributed by atoms with Crippen LogP contribution < -0.4 is 5.32 Å². The molecule has 0 aromatic heterocycles.